The Morgan fingerprint density at radius 3 is 2.35 bits per heavy atom. The van der Waals surface area contributed by atoms with Crippen LogP contribution < -0.4 is 15.4 Å². The van der Waals surface area contributed by atoms with E-state index in [-0.39, 0.29) is 6.54 Å². The molecule has 3 N–H and O–H groups in total. The third-order valence-electron chi connectivity index (χ3n) is 5.30. The number of alkyl carbamates (subject to hydrolysis) is 1. The number of nitrogens with zero attached hydrogens (tertiary/aromatic N) is 1. The number of amides is 3. The van der Waals surface area contributed by atoms with Crippen LogP contribution in [-0.4, -0.2) is 59.8 Å². The molecule has 0 aliphatic heterocycles. The van der Waals surface area contributed by atoms with E-state index >= 15 is 0 Å². The third-order valence-corrected chi connectivity index (χ3v) is 5.30. The van der Waals surface area contributed by atoms with Crippen LogP contribution in [0.2, 0.25) is 0 Å². The molecule has 0 heterocycles. The van der Waals surface area contributed by atoms with Crippen LogP contribution in [0.25, 0.3) is 6.08 Å². The molecule has 0 aliphatic carbocycles. The summed E-state index contributed by atoms with van der Waals surface area (Å²) >= 11 is 0. The number of hydrogen-bond acceptors (Lipinski definition) is 6. The minimum Gasteiger partial charge on any atom is -0.497 e. The van der Waals surface area contributed by atoms with Gasteiger partial charge in [-0.15, -0.1) is 0 Å². The first-order valence-electron chi connectivity index (χ1n) is 12.1. The number of benzene rings is 2. The lowest BCUT2D eigenvalue weighted by Crippen LogP contribution is -2.54. The van der Waals surface area contributed by atoms with Crippen LogP contribution in [-0.2, 0) is 14.3 Å². The molecule has 9 heteroatoms. The molecule has 2 rings (SSSR count). The number of nitrogens with one attached hydrogen (secondary N) is 2. The number of anilines is 1. The van der Waals surface area contributed by atoms with Crippen LogP contribution in [0.5, 0.6) is 5.75 Å². The topological polar surface area (TPSA) is 117 Å². The van der Waals surface area contributed by atoms with Crippen LogP contribution >= 0.6 is 0 Å². The van der Waals surface area contributed by atoms with E-state index < -0.39 is 42.2 Å². The third kappa shape index (κ3) is 8.64. The lowest BCUT2D eigenvalue weighted by Gasteiger charge is -2.34. The monoisotopic (exact) mass is 511 g/mol. The second-order valence-corrected chi connectivity index (χ2v) is 9.41. The fourth-order valence-corrected chi connectivity index (χ4v) is 3.66. The number of aliphatic hydroxyl groups is 1. The number of aliphatic hydroxyl groups excluding tert-OH is 1. The van der Waals surface area contributed by atoms with Crippen molar-refractivity contribution >= 4 is 29.7 Å². The second-order valence-electron chi connectivity index (χ2n) is 9.41. The van der Waals surface area contributed by atoms with Crippen LogP contribution in [0, 0.1) is 0 Å². The number of carbonyl (C=O) groups is 3. The smallest absolute Gasteiger partial charge is 0.408 e. The summed E-state index contributed by atoms with van der Waals surface area (Å²) in [6.45, 7) is 10.3. The highest BCUT2D eigenvalue weighted by molar-refractivity contribution is 5.99. The van der Waals surface area contributed by atoms with Crippen molar-refractivity contribution < 1.29 is 29.0 Å². The molecule has 0 spiro atoms. The summed E-state index contributed by atoms with van der Waals surface area (Å²) in [4.78, 5) is 41.0. The van der Waals surface area contributed by atoms with E-state index in [1.54, 1.807) is 76.4 Å². The van der Waals surface area contributed by atoms with E-state index in [1.807, 2.05) is 13.0 Å². The van der Waals surface area contributed by atoms with Gasteiger partial charge >= 0.3 is 6.09 Å². The first kappa shape index (κ1) is 29.4. The van der Waals surface area contributed by atoms with Gasteiger partial charge in [0.15, 0.2) is 0 Å². The number of ether oxygens (including phenoxy) is 2. The Labute approximate surface area is 218 Å². The average Bonchev–Trinajstić information content (AvgIpc) is 2.86. The summed E-state index contributed by atoms with van der Waals surface area (Å²) in [6.07, 6.45) is 1.34. The van der Waals surface area contributed by atoms with Gasteiger partial charge in [0.1, 0.15) is 23.4 Å². The van der Waals surface area contributed by atoms with Gasteiger partial charge < -0.3 is 30.1 Å². The summed E-state index contributed by atoms with van der Waals surface area (Å²) in [6, 6.07) is 11.6. The molecular weight excluding hydrogens is 474 g/mol. The molecule has 0 bridgehead atoms. The molecule has 0 radical (unpaired) electrons. The molecule has 2 aromatic rings. The molecule has 0 saturated heterocycles. The largest absolute Gasteiger partial charge is 0.497 e. The van der Waals surface area contributed by atoms with Crippen molar-refractivity contribution in [3.8, 4) is 5.75 Å². The normalized spacial score (nSPS) is 12.6. The molecule has 2 unspecified atom stereocenters. The highest BCUT2D eigenvalue weighted by atomic mass is 16.6. The number of carbonyl (C=O) groups excluding carboxylic acids is 3. The number of rotatable bonds is 11. The van der Waals surface area contributed by atoms with E-state index in [1.165, 1.54) is 4.90 Å². The first-order valence-corrected chi connectivity index (χ1v) is 12.1. The fourth-order valence-electron chi connectivity index (χ4n) is 3.66. The number of methoxy groups -OCH3 is 1. The Hall–Kier alpha value is -3.85. The van der Waals surface area contributed by atoms with Crippen molar-refractivity contribution in [2.75, 3.05) is 25.6 Å². The van der Waals surface area contributed by atoms with E-state index in [0.29, 0.717) is 23.4 Å². The minimum absolute atomic E-state index is 0.199. The van der Waals surface area contributed by atoms with Gasteiger partial charge in [-0.05, 0) is 68.7 Å². The SMILES string of the molecule is C=Cc1cccc(C(C(=O)Nc2ccc(OC)cc2)N(CCC)C(=O)C(CO)NC(=O)OC(C)(C)C)c1. The molecule has 2 aromatic carbocycles. The Morgan fingerprint density at radius 1 is 1.14 bits per heavy atom. The van der Waals surface area contributed by atoms with Gasteiger partial charge in [-0.1, -0.05) is 37.8 Å². The van der Waals surface area contributed by atoms with Crippen molar-refractivity contribution in [2.45, 2.75) is 51.8 Å². The zero-order chi connectivity index (χ0) is 27.6. The summed E-state index contributed by atoms with van der Waals surface area (Å²) in [5.74, 6) is -0.439. The highest BCUT2D eigenvalue weighted by Crippen LogP contribution is 2.26. The highest BCUT2D eigenvalue weighted by Gasteiger charge is 2.36. The van der Waals surface area contributed by atoms with Crippen molar-refractivity contribution in [3.05, 3.63) is 66.2 Å². The molecule has 200 valence electrons. The predicted molar refractivity (Wildman–Crippen MR) is 143 cm³/mol. The summed E-state index contributed by atoms with van der Waals surface area (Å²) in [5, 5.41) is 15.3. The molecular formula is C28H37N3O6. The summed E-state index contributed by atoms with van der Waals surface area (Å²) in [7, 11) is 1.55. The zero-order valence-corrected chi connectivity index (χ0v) is 22.1. The van der Waals surface area contributed by atoms with Gasteiger partial charge in [-0.25, -0.2) is 4.79 Å². The molecule has 0 fully saturated rings. The molecule has 37 heavy (non-hydrogen) atoms. The van der Waals surface area contributed by atoms with E-state index in [4.69, 9.17) is 9.47 Å². The van der Waals surface area contributed by atoms with Gasteiger partial charge in [-0.2, -0.15) is 0 Å². The summed E-state index contributed by atoms with van der Waals surface area (Å²) < 4.78 is 10.4. The Kier molecular flexibility index (Phi) is 10.7. The lowest BCUT2D eigenvalue weighted by atomic mass is 10.00. The van der Waals surface area contributed by atoms with E-state index in [2.05, 4.69) is 17.2 Å². The Balaban J connectivity index is 2.45. The standard InChI is InChI=1S/C28H37N3O6/c1-7-16-31(26(34)23(18-32)30-27(35)37-28(3,4)5)24(20-11-9-10-19(8-2)17-20)25(33)29-21-12-14-22(36-6)15-13-21/h8-15,17,23-24,32H,2,7,16,18H2,1,3-6H3,(H,29,33)(H,30,35). The van der Waals surface area contributed by atoms with Crippen molar-refractivity contribution in [2.24, 2.45) is 0 Å². The molecule has 2 atom stereocenters. The number of hydrogen-bond donors (Lipinski definition) is 3. The molecule has 9 nitrogen and oxygen atoms in total. The zero-order valence-electron chi connectivity index (χ0n) is 22.1. The van der Waals surface area contributed by atoms with Crippen LogP contribution in [0.3, 0.4) is 0 Å². The predicted octanol–water partition coefficient (Wildman–Crippen LogP) is 4.14. The van der Waals surface area contributed by atoms with Crippen LogP contribution in [0.15, 0.2) is 55.1 Å². The fraction of sp³-hybridized carbons (Fsp3) is 0.393. The van der Waals surface area contributed by atoms with Crippen molar-refractivity contribution in [1.82, 2.24) is 10.2 Å². The maximum atomic E-state index is 13.7. The maximum absolute atomic E-state index is 13.7. The molecule has 0 saturated carbocycles. The quantitative estimate of drug-likeness (QED) is 0.417. The van der Waals surface area contributed by atoms with Gasteiger partial charge in [0.05, 0.1) is 13.7 Å². The van der Waals surface area contributed by atoms with Crippen LogP contribution in [0.1, 0.15) is 51.3 Å². The van der Waals surface area contributed by atoms with Crippen molar-refractivity contribution in [3.63, 3.8) is 0 Å². The molecule has 0 aliphatic rings. The Bertz CT molecular complexity index is 1080. The maximum Gasteiger partial charge on any atom is 0.408 e. The lowest BCUT2D eigenvalue weighted by molar-refractivity contribution is -0.141. The van der Waals surface area contributed by atoms with Crippen molar-refractivity contribution in [1.29, 1.82) is 0 Å². The first-order chi connectivity index (χ1) is 17.5. The van der Waals surface area contributed by atoms with Gasteiger partial charge in [0.2, 0.25) is 5.91 Å². The molecule has 0 aromatic heterocycles. The Morgan fingerprint density at radius 2 is 1.81 bits per heavy atom. The second kappa shape index (κ2) is 13.5. The van der Waals surface area contributed by atoms with Gasteiger partial charge in [0.25, 0.3) is 5.91 Å². The van der Waals surface area contributed by atoms with Gasteiger partial charge in [-0.3, -0.25) is 9.59 Å². The summed E-state index contributed by atoms with van der Waals surface area (Å²) in [5.41, 5.74) is 1.06. The average molecular weight is 512 g/mol. The van der Waals surface area contributed by atoms with Gasteiger partial charge in [0, 0.05) is 12.2 Å². The van der Waals surface area contributed by atoms with E-state index in [0.717, 1.165) is 5.56 Å². The minimum atomic E-state index is -1.31. The molecule has 3 amide bonds. The van der Waals surface area contributed by atoms with E-state index in [9.17, 15) is 19.5 Å². The van der Waals surface area contributed by atoms with Crippen LogP contribution in [0.4, 0.5) is 10.5 Å².